The molecule has 0 spiro atoms. The summed E-state index contributed by atoms with van der Waals surface area (Å²) in [5, 5.41) is 5.74. The second-order valence-electron chi connectivity index (χ2n) is 7.76. The fourth-order valence-corrected chi connectivity index (χ4v) is 4.51. The molecule has 2 aliphatic heterocycles. The first-order valence-corrected chi connectivity index (χ1v) is 9.82. The van der Waals surface area contributed by atoms with Gasteiger partial charge in [-0.3, -0.25) is 19.7 Å². The highest BCUT2D eigenvalue weighted by atomic mass is 16.2. The summed E-state index contributed by atoms with van der Waals surface area (Å²) in [5.74, 6) is -0.775. The van der Waals surface area contributed by atoms with Crippen LogP contribution < -0.4 is 15.5 Å². The average Bonchev–Trinajstić information content (AvgIpc) is 3.03. The van der Waals surface area contributed by atoms with Crippen LogP contribution in [0.4, 0.5) is 5.69 Å². The molecule has 1 aliphatic carbocycles. The summed E-state index contributed by atoms with van der Waals surface area (Å²) < 4.78 is 0. The van der Waals surface area contributed by atoms with Gasteiger partial charge in [-0.05, 0) is 50.1 Å². The molecule has 148 valence electrons. The third-order valence-electron chi connectivity index (χ3n) is 6.18. The van der Waals surface area contributed by atoms with Gasteiger partial charge in [0.2, 0.25) is 11.8 Å². The molecule has 2 N–H and O–H groups in total. The Labute approximate surface area is 164 Å². The van der Waals surface area contributed by atoms with Crippen LogP contribution in [0.5, 0.6) is 0 Å². The number of rotatable bonds is 4. The number of amides is 3. The molecule has 3 aliphatic rings. The highest BCUT2D eigenvalue weighted by Gasteiger charge is 2.39. The van der Waals surface area contributed by atoms with Gasteiger partial charge in [0, 0.05) is 43.3 Å². The Hall–Kier alpha value is -2.67. The van der Waals surface area contributed by atoms with Crippen LogP contribution in [0.2, 0.25) is 0 Å². The van der Waals surface area contributed by atoms with Gasteiger partial charge in [-0.2, -0.15) is 0 Å². The number of carbonyl (C=O) groups excluding carboxylic acids is 3. The van der Waals surface area contributed by atoms with E-state index in [0.29, 0.717) is 30.6 Å². The van der Waals surface area contributed by atoms with Crippen LogP contribution in [0.15, 0.2) is 30.4 Å². The number of nitrogens with one attached hydrogen (secondary N) is 2. The predicted octanol–water partition coefficient (Wildman–Crippen LogP) is 1.19. The van der Waals surface area contributed by atoms with E-state index in [0.717, 1.165) is 24.1 Å². The molecule has 1 aromatic rings. The van der Waals surface area contributed by atoms with Gasteiger partial charge in [-0.25, -0.2) is 0 Å². The number of nitrogens with zero attached hydrogens (tertiary/aromatic N) is 2. The van der Waals surface area contributed by atoms with E-state index in [-0.39, 0.29) is 24.1 Å². The average molecular weight is 382 g/mol. The molecular formula is C21H26N4O3. The van der Waals surface area contributed by atoms with E-state index in [1.807, 2.05) is 19.2 Å². The van der Waals surface area contributed by atoms with Gasteiger partial charge < -0.3 is 15.1 Å². The monoisotopic (exact) mass is 382 g/mol. The van der Waals surface area contributed by atoms with E-state index in [4.69, 9.17) is 0 Å². The number of piperidine rings is 1. The number of fused-ring (bicyclic) bond motifs is 1. The molecule has 0 saturated carbocycles. The van der Waals surface area contributed by atoms with Crippen molar-refractivity contribution in [1.29, 1.82) is 0 Å². The number of anilines is 1. The van der Waals surface area contributed by atoms with Crippen molar-refractivity contribution in [2.75, 3.05) is 19.0 Å². The van der Waals surface area contributed by atoms with Gasteiger partial charge in [0.15, 0.2) is 0 Å². The second kappa shape index (κ2) is 7.39. The van der Waals surface area contributed by atoms with E-state index in [9.17, 15) is 14.4 Å². The van der Waals surface area contributed by atoms with Crippen LogP contribution in [0, 0.1) is 0 Å². The third-order valence-corrected chi connectivity index (χ3v) is 6.18. The summed E-state index contributed by atoms with van der Waals surface area (Å²) in [5.41, 5.74) is 2.65. The van der Waals surface area contributed by atoms with Gasteiger partial charge >= 0.3 is 0 Å². The van der Waals surface area contributed by atoms with Crippen molar-refractivity contribution in [2.45, 2.75) is 50.4 Å². The van der Waals surface area contributed by atoms with Crippen LogP contribution in [0.25, 0.3) is 0 Å². The molecule has 4 rings (SSSR count). The first kappa shape index (κ1) is 18.7. The molecular weight excluding hydrogens is 356 g/mol. The molecule has 7 nitrogen and oxygen atoms in total. The van der Waals surface area contributed by atoms with Crippen LogP contribution >= 0.6 is 0 Å². The lowest BCUT2D eigenvalue weighted by Gasteiger charge is -2.37. The van der Waals surface area contributed by atoms with Gasteiger partial charge in [0.25, 0.3) is 5.91 Å². The maximum Gasteiger partial charge on any atom is 0.255 e. The van der Waals surface area contributed by atoms with Gasteiger partial charge in [-0.1, -0.05) is 12.2 Å². The van der Waals surface area contributed by atoms with Crippen molar-refractivity contribution in [3.63, 3.8) is 0 Å². The fraction of sp³-hybridized carbons (Fsp3) is 0.476. The predicted molar refractivity (Wildman–Crippen MR) is 106 cm³/mol. The normalized spacial score (nSPS) is 27.0. The molecule has 1 saturated heterocycles. The molecule has 0 bridgehead atoms. The Morgan fingerprint density at radius 3 is 2.71 bits per heavy atom. The van der Waals surface area contributed by atoms with Gasteiger partial charge in [-0.15, -0.1) is 0 Å². The van der Waals surface area contributed by atoms with Gasteiger partial charge in [0.05, 0.1) is 0 Å². The second-order valence-corrected chi connectivity index (χ2v) is 7.76. The number of hydrogen-bond acceptors (Lipinski definition) is 5. The largest absolute Gasteiger partial charge is 0.370 e. The van der Waals surface area contributed by atoms with E-state index in [2.05, 4.69) is 40.8 Å². The standard InChI is InChI=1S/C21H26N4O3/c1-22-16-5-3-4-6-17(16)24(2)14-7-8-15-13(11-14)12-25(21(15)28)18-9-10-19(26)23-20(18)27/h3-4,7-8,11,16-18,22H,5-6,9-10,12H2,1-2H3,(H,23,26,27)/t16-,17+,18?/m0/s1. The molecule has 3 amide bonds. The van der Waals surface area contributed by atoms with Crippen molar-refractivity contribution in [1.82, 2.24) is 15.5 Å². The van der Waals surface area contributed by atoms with E-state index in [1.165, 1.54) is 0 Å². The summed E-state index contributed by atoms with van der Waals surface area (Å²) in [6, 6.07) is 6.06. The quantitative estimate of drug-likeness (QED) is 0.604. The molecule has 28 heavy (non-hydrogen) atoms. The fourth-order valence-electron chi connectivity index (χ4n) is 4.51. The Bertz CT molecular complexity index is 850. The van der Waals surface area contributed by atoms with Crippen LogP contribution in [0.3, 0.4) is 0 Å². The summed E-state index contributed by atoms with van der Waals surface area (Å²) in [6.45, 7) is 0.405. The zero-order chi connectivity index (χ0) is 19.8. The van der Waals surface area contributed by atoms with Crippen molar-refractivity contribution in [3.05, 3.63) is 41.5 Å². The Kier molecular flexibility index (Phi) is 4.93. The molecule has 2 heterocycles. The lowest BCUT2D eigenvalue weighted by Crippen LogP contribution is -2.52. The molecule has 1 fully saturated rings. The smallest absolute Gasteiger partial charge is 0.255 e. The maximum absolute atomic E-state index is 12.8. The Morgan fingerprint density at radius 1 is 1.18 bits per heavy atom. The lowest BCUT2D eigenvalue weighted by atomic mass is 9.94. The highest BCUT2D eigenvalue weighted by Crippen LogP contribution is 2.32. The van der Waals surface area contributed by atoms with Crippen LogP contribution in [0.1, 0.15) is 41.6 Å². The first-order valence-electron chi connectivity index (χ1n) is 9.82. The summed E-state index contributed by atoms with van der Waals surface area (Å²) in [6.07, 6.45) is 7.06. The van der Waals surface area contributed by atoms with E-state index in [1.54, 1.807) is 4.90 Å². The Morgan fingerprint density at radius 2 is 1.96 bits per heavy atom. The zero-order valence-corrected chi connectivity index (χ0v) is 16.3. The maximum atomic E-state index is 12.8. The molecule has 3 atom stereocenters. The van der Waals surface area contributed by atoms with Crippen molar-refractivity contribution in [3.8, 4) is 0 Å². The van der Waals surface area contributed by atoms with Crippen molar-refractivity contribution in [2.24, 2.45) is 0 Å². The highest BCUT2D eigenvalue weighted by molar-refractivity contribution is 6.05. The lowest BCUT2D eigenvalue weighted by molar-refractivity contribution is -0.136. The minimum Gasteiger partial charge on any atom is -0.370 e. The number of likely N-dealkylation sites (N-methyl/N-ethyl adjacent to an activating group) is 2. The minimum absolute atomic E-state index is 0.132. The number of imide groups is 1. The number of hydrogen-bond donors (Lipinski definition) is 2. The molecule has 1 unspecified atom stereocenters. The molecule has 1 aromatic carbocycles. The summed E-state index contributed by atoms with van der Waals surface area (Å²) >= 11 is 0. The number of benzene rings is 1. The van der Waals surface area contributed by atoms with Gasteiger partial charge in [0.1, 0.15) is 6.04 Å². The summed E-state index contributed by atoms with van der Waals surface area (Å²) in [7, 11) is 4.08. The summed E-state index contributed by atoms with van der Waals surface area (Å²) in [4.78, 5) is 40.3. The van der Waals surface area contributed by atoms with E-state index >= 15 is 0 Å². The van der Waals surface area contributed by atoms with Crippen LogP contribution in [-0.4, -0.2) is 54.8 Å². The van der Waals surface area contributed by atoms with Crippen molar-refractivity contribution < 1.29 is 14.4 Å². The SMILES string of the molecule is CN[C@H]1CC=CC[C@H]1N(C)c1ccc2c(c1)CN(C1CCC(=O)NC1=O)C2=O. The first-order chi connectivity index (χ1) is 13.5. The number of carbonyl (C=O) groups is 3. The van der Waals surface area contributed by atoms with Crippen LogP contribution in [-0.2, 0) is 16.1 Å². The third kappa shape index (κ3) is 3.20. The molecule has 0 radical (unpaired) electrons. The Balaban J connectivity index is 1.54. The molecule has 0 aromatic heterocycles. The van der Waals surface area contributed by atoms with E-state index < -0.39 is 6.04 Å². The zero-order valence-electron chi connectivity index (χ0n) is 16.3. The molecule has 7 heteroatoms. The minimum atomic E-state index is -0.573. The topological polar surface area (TPSA) is 81.8 Å². The van der Waals surface area contributed by atoms with Crippen molar-refractivity contribution >= 4 is 23.4 Å².